The van der Waals surface area contributed by atoms with Crippen molar-refractivity contribution in [3.63, 3.8) is 0 Å². The summed E-state index contributed by atoms with van der Waals surface area (Å²) in [6, 6.07) is 22.3. The van der Waals surface area contributed by atoms with E-state index >= 15 is 0 Å². The maximum absolute atomic E-state index is 13.3. The summed E-state index contributed by atoms with van der Waals surface area (Å²) < 4.78 is 35.9. The third kappa shape index (κ3) is 8.69. The van der Waals surface area contributed by atoms with E-state index < -0.39 is 10.8 Å². The minimum atomic E-state index is -3.84. The number of halogens is 3. The third-order valence-electron chi connectivity index (χ3n) is 5.79. The molecular formula is C29H28ClF2N3O4S. The Kier molecular flexibility index (Phi) is 10.0. The van der Waals surface area contributed by atoms with Crippen molar-refractivity contribution in [1.82, 2.24) is 4.90 Å². The van der Waals surface area contributed by atoms with Gasteiger partial charge in [0.05, 0.1) is 12.3 Å². The number of nitrogens with zero attached hydrogens (tertiary/aromatic N) is 2. The molecule has 1 aliphatic heterocycles. The molecule has 7 nitrogen and oxygen atoms in total. The van der Waals surface area contributed by atoms with Crippen LogP contribution in [0.4, 0.5) is 20.2 Å². The van der Waals surface area contributed by atoms with Crippen LogP contribution in [-0.2, 0) is 16.0 Å². The van der Waals surface area contributed by atoms with Crippen molar-refractivity contribution < 1.29 is 27.8 Å². The molecule has 0 bridgehead atoms. The van der Waals surface area contributed by atoms with Crippen LogP contribution in [-0.4, -0.2) is 45.9 Å². The van der Waals surface area contributed by atoms with E-state index in [9.17, 15) is 18.4 Å². The van der Waals surface area contributed by atoms with Crippen molar-refractivity contribution in [2.75, 3.05) is 18.5 Å². The molecule has 0 saturated carbocycles. The van der Waals surface area contributed by atoms with E-state index in [1.807, 2.05) is 37.3 Å². The molecular weight excluding hydrogens is 560 g/mol. The van der Waals surface area contributed by atoms with Gasteiger partial charge in [0.2, 0.25) is 11.8 Å². The number of aliphatic imine (C=N–C) groups is 1. The van der Waals surface area contributed by atoms with E-state index in [2.05, 4.69) is 15.0 Å². The maximum Gasteiger partial charge on any atom is 0.487 e. The highest BCUT2D eigenvalue weighted by molar-refractivity contribution is 8.15. The fourth-order valence-corrected chi connectivity index (χ4v) is 5.07. The Morgan fingerprint density at radius 3 is 2.40 bits per heavy atom. The van der Waals surface area contributed by atoms with E-state index in [-0.39, 0.29) is 24.0 Å². The molecule has 0 aromatic heterocycles. The van der Waals surface area contributed by atoms with Gasteiger partial charge in [0.25, 0.3) is 0 Å². The van der Waals surface area contributed by atoms with Gasteiger partial charge in [-0.2, -0.15) is 0 Å². The summed E-state index contributed by atoms with van der Waals surface area (Å²) >= 11 is 6.02. The first kappa shape index (κ1) is 29.4. The summed E-state index contributed by atoms with van der Waals surface area (Å²) in [7, 11) is 0. The van der Waals surface area contributed by atoms with Crippen LogP contribution in [0.3, 0.4) is 0 Å². The lowest BCUT2D eigenvalue weighted by molar-refractivity contribution is -0.129. The highest BCUT2D eigenvalue weighted by atomic mass is 35.5. The number of carbonyl (C=O) groups excluding carboxylic acids is 2. The summed E-state index contributed by atoms with van der Waals surface area (Å²) in [6.45, 7) is 2.98. The van der Waals surface area contributed by atoms with Crippen LogP contribution in [0, 0.1) is 0 Å². The van der Waals surface area contributed by atoms with Crippen molar-refractivity contribution in [3.05, 3.63) is 84.4 Å². The van der Waals surface area contributed by atoms with Gasteiger partial charge in [-0.25, -0.2) is 4.99 Å². The summed E-state index contributed by atoms with van der Waals surface area (Å²) in [5.74, 6) is 0.0000584. The van der Waals surface area contributed by atoms with Crippen molar-refractivity contribution in [1.29, 1.82) is 0 Å². The number of ether oxygens (including phenoxy) is 2. The number of benzene rings is 3. The van der Waals surface area contributed by atoms with Crippen molar-refractivity contribution >= 4 is 51.7 Å². The topological polar surface area (TPSA) is 80.2 Å². The van der Waals surface area contributed by atoms with Crippen molar-refractivity contribution in [2.45, 2.75) is 37.0 Å². The lowest BCUT2D eigenvalue weighted by Crippen LogP contribution is -2.46. The molecule has 2 amide bonds. The fraction of sp³-hybridized carbons (Fsp3) is 0.276. The van der Waals surface area contributed by atoms with Gasteiger partial charge in [-0.05, 0) is 66.9 Å². The van der Waals surface area contributed by atoms with Gasteiger partial charge in [-0.15, -0.1) is 8.78 Å². The van der Waals surface area contributed by atoms with Gasteiger partial charge in [0.1, 0.15) is 16.7 Å². The Balaban J connectivity index is 1.51. The van der Waals surface area contributed by atoms with Crippen LogP contribution in [0.15, 0.2) is 83.9 Å². The molecule has 0 spiro atoms. The maximum atomic E-state index is 13.3. The molecule has 3 aromatic rings. The number of hydrogen-bond donors (Lipinski definition) is 1. The zero-order valence-corrected chi connectivity index (χ0v) is 23.3. The molecule has 4 rings (SSSR count). The summed E-state index contributed by atoms with van der Waals surface area (Å²) in [4.78, 5) is 32.5. The second-order valence-electron chi connectivity index (χ2n) is 8.89. The van der Waals surface area contributed by atoms with Crippen LogP contribution in [0.1, 0.15) is 25.3 Å². The quantitative estimate of drug-likeness (QED) is 0.248. The number of carbonyl (C=O) groups is 2. The first-order valence-electron chi connectivity index (χ1n) is 12.7. The standard InChI is InChI=1S/C29H28ClF2N3O4S/c1-2-18-38-23-12-8-21(9-13-23)33-27(37)25-19-26(36)35(17-16-20-6-4-3-5-7-20)28(40-25)34-22-10-14-24(15-11-22)39-29(30,31)32/h3-15,25H,2,16-19H2,1H3,(H,33,37)/t25-/m1/s1. The van der Waals surface area contributed by atoms with Crippen LogP contribution in [0.5, 0.6) is 11.5 Å². The predicted octanol–water partition coefficient (Wildman–Crippen LogP) is 6.85. The van der Waals surface area contributed by atoms with E-state index in [4.69, 9.17) is 16.3 Å². The second-order valence-corrected chi connectivity index (χ2v) is 10.5. The zero-order chi connectivity index (χ0) is 28.5. The van der Waals surface area contributed by atoms with Crippen molar-refractivity contribution in [3.8, 4) is 11.5 Å². The first-order chi connectivity index (χ1) is 19.2. The molecule has 210 valence electrons. The molecule has 11 heteroatoms. The highest BCUT2D eigenvalue weighted by Crippen LogP contribution is 2.32. The van der Waals surface area contributed by atoms with E-state index in [1.165, 1.54) is 36.0 Å². The number of anilines is 1. The van der Waals surface area contributed by atoms with Crippen molar-refractivity contribution in [2.24, 2.45) is 4.99 Å². The Labute approximate surface area is 240 Å². The molecule has 1 saturated heterocycles. The minimum absolute atomic E-state index is 0.000410. The number of amides is 2. The monoisotopic (exact) mass is 587 g/mol. The molecule has 1 fully saturated rings. The van der Waals surface area contributed by atoms with Crippen LogP contribution >= 0.6 is 23.4 Å². The Bertz CT molecular complexity index is 1320. The highest BCUT2D eigenvalue weighted by Gasteiger charge is 2.36. The van der Waals surface area contributed by atoms with Gasteiger partial charge in [0.15, 0.2) is 5.17 Å². The SMILES string of the molecule is CCCOc1ccc(NC(=O)[C@H]2CC(=O)N(CCc3ccccc3)C(=Nc3ccc(OC(F)(F)Cl)cc3)S2)cc1. The lowest BCUT2D eigenvalue weighted by Gasteiger charge is -2.32. The molecule has 0 radical (unpaired) electrons. The van der Waals surface area contributed by atoms with E-state index in [0.29, 0.717) is 41.9 Å². The summed E-state index contributed by atoms with van der Waals surface area (Å²) in [6.07, 6.45) is 1.48. The van der Waals surface area contributed by atoms with E-state index in [1.54, 1.807) is 29.2 Å². The zero-order valence-electron chi connectivity index (χ0n) is 21.7. The van der Waals surface area contributed by atoms with Gasteiger partial charge in [-0.3, -0.25) is 14.5 Å². The smallest absolute Gasteiger partial charge is 0.487 e. The molecule has 1 N–H and O–H groups in total. The number of thioether (sulfide) groups is 1. The predicted molar refractivity (Wildman–Crippen MR) is 154 cm³/mol. The summed E-state index contributed by atoms with van der Waals surface area (Å²) in [5.41, 5.74) is -1.81. The number of alkyl halides is 3. The minimum Gasteiger partial charge on any atom is -0.494 e. The van der Waals surface area contributed by atoms with Crippen LogP contribution in [0.25, 0.3) is 0 Å². The van der Waals surface area contributed by atoms with Gasteiger partial charge >= 0.3 is 5.57 Å². The number of hydrogen-bond acceptors (Lipinski definition) is 6. The molecule has 0 unspecified atom stereocenters. The van der Waals surface area contributed by atoms with Gasteiger partial charge in [0, 0.05) is 30.3 Å². The molecule has 1 atom stereocenters. The van der Waals surface area contributed by atoms with Gasteiger partial charge in [-0.1, -0.05) is 49.0 Å². The lowest BCUT2D eigenvalue weighted by atomic mass is 10.1. The number of rotatable bonds is 11. The molecule has 1 aliphatic rings. The first-order valence-corrected chi connectivity index (χ1v) is 13.9. The van der Waals surface area contributed by atoms with Crippen LogP contribution in [0.2, 0.25) is 0 Å². The summed E-state index contributed by atoms with van der Waals surface area (Å²) in [5, 5.41) is 2.49. The molecule has 3 aromatic carbocycles. The Morgan fingerprint density at radius 1 is 1.07 bits per heavy atom. The van der Waals surface area contributed by atoms with Gasteiger partial charge < -0.3 is 14.8 Å². The Morgan fingerprint density at radius 2 is 1.75 bits per heavy atom. The molecule has 40 heavy (non-hydrogen) atoms. The molecule has 1 heterocycles. The average Bonchev–Trinajstić information content (AvgIpc) is 2.93. The number of nitrogens with one attached hydrogen (secondary N) is 1. The largest absolute Gasteiger partial charge is 0.494 e. The number of amidine groups is 1. The second kappa shape index (κ2) is 13.6. The average molecular weight is 588 g/mol. The third-order valence-corrected chi connectivity index (χ3v) is 7.05. The normalized spacial score (nSPS) is 16.6. The molecule has 0 aliphatic carbocycles. The van der Waals surface area contributed by atoms with E-state index in [0.717, 1.165) is 12.0 Å². The van der Waals surface area contributed by atoms with Crippen LogP contribution < -0.4 is 14.8 Å². The Hall–Kier alpha value is -3.63. The fourth-order valence-electron chi connectivity index (χ4n) is 3.86.